The molecule has 0 saturated carbocycles. The quantitative estimate of drug-likeness (QED) is 0.524. The molecule has 2 aromatic carbocycles. The van der Waals surface area contributed by atoms with Gasteiger partial charge in [-0.1, -0.05) is 24.3 Å². The van der Waals surface area contributed by atoms with Crippen LogP contribution in [-0.2, 0) is 6.61 Å². The van der Waals surface area contributed by atoms with E-state index in [4.69, 9.17) is 25.9 Å². The fraction of sp³-hybridized carbons (Fsp3) is 0.0526. The maximum Gasteiger partial charge on any atom is 0.235 e. The van der Waals surface area contributed by atoms with Gasteiger partial charge in [0.2, 0.25) is 11.7 Å². The summed E-state index contributed by atoms with van der Waals surface area (Å²) in [6.07, 6.45) is 1.46. The maximum atomic E-state index is 8.83. The largest absolute Gasteiger partial charge is 0.489 e. The number of nitriles is 1. The van der Waals surface area contributed by atoms with Crippen molar-refractivity contribution in [2.45, 2.75) is 6.61 Å². The van der Waals surface area contributed by atoms with E-state index in [-0.39, 0.29) is 17.5 Å². The summed E-state index contributed by atoms with van der Waals surface area (Å²) in [7, 11) is 0. The summed E-state index contributed by atoms with van der Waals surface area (Å²) in [5.74, 6) is 1.49. The number of rotatable bonds is 6. The van der Waals surface area contributed by atoms with Crippen LogP contribution in [-0.4, -0.2) is 15.8 Å². The van der Waals surface area contributed by atoms with E-state index in [0.717, 1.165) is 5.56 Å². The monoisotopic (exact) mass is 345 g/mol. The van der Waals surface area contributed by atoms with Gasteiger partial charge in [-0.3, -0.25) is 5.41 Å². The van der Waals surface area contributed by atoms with Crippen LogP contribution in [0.4, 0.5) is 0 Å². The van der Waals surface area contributed by atoms with Crippen molar-refractivity contribution in [1.82, 2.24) is 9.97 Å². The van der Waals surface area contributed by atoms with Crippen molar-refractivity contribution in [3.05, 3.63) is 77.7 Å². The van der Waals surface area contributed by atoms with Crippen LogP contribution in [0.1, 0.15) is 17.0 Å². The molecule has 0 aliphatic rings. The molecule has 3 N–H and O–H groups in total. The third-order valence-corrected chi connectivity index (χ3v) is 3.40. The zero-order valence-corrected chi connectivity index (χ0v) is 13.7. The van der Waals surface area contributed by atoms with Crippen LogP contribution in [0.3, 0.4) is 0 Å². The highest BCUT2D eigenvalue weighted by Crippen LogP contribution is 2.24. The first-order chi connectivity index (χ1) is 12.6. The molecule has 0 bridgehead atoms. The van der Waals surface area contributed by atoms with Crippen molar-refractivity contribution in [3.63, 3.8) is 0 Å². The summed E-state index contributed by atoms with van der Waals surface area (Å²) < 4.78 is 11.4. The Kier molecular flexibility index (Phi) is 5.05. The molecule has 1 aromatic heterocycles. The van der Waals surface area contributed by atoms with E-state index in [1.165, 1.54) is 6.20 Å². The Morgan fingerprint density at radius 2 is 1.92 bits per heavy atom. The Morgan fingerprint density at radius 3 is 2.73 bits per heavy atom. The SMILES string of the molecule is N#Cc1nccc(Oc2cccc(OCc3cccc(C(=N)N)c3)c2)n1. The molecule has 0 fully saturated rings. The van der Waals surface area contributed by atoms with E-state index in [1.807, 2.05) is 30.3 Å². The van der Waals surface area contributed by atoms with Crippen LogP contribution in [0.2, 0.25) is 0 Å². The zero-order chi connectivity index (χ0) is 18.4. The van der Waals surface area contributed by atoms with Gasteiger partial charge in [0.25, 0.3) is 0 Å². The highest BCUT2D eigenvalue weighted by molar-refractivity contribution is 5.95. The standard InChI is InChI=1S/C19H15N5O2/c20-11-17-23-8-7-18(24-17)26-16-6-2-5-15(10-16)25-12-13-3-1-4-14(9-13)19(21)22/h1-10H,12H2,(H3,21,22). The van der Waals surface area contributed by atoms with E-state index in [1.54, 1.807) is 30.3 Å². The number of benzene rings is 2. The molecular weight excluding hydrogens is 330 g/mol. The first kappa shape index (κ1) is 16.9. The molecule has 3 aromatic rings. The second-order valence-corrected chi connectivity index (χ2v) is 5.31. The van der Waals surface area contributed by atoms with Gasteiger partial charge in [0.05, 0.1) is 0 Å². The lowest BCUT2D eigenvalue weighted by Crippen LogP contribution is -2.11. The predicted molar refractivity (Wildman–Crippen MR) is 95.1 cm³/mol. The van der Waals surface area contributed by atoms with E-state index in [9.17, 15) is 0 Å². The molecule has 0 spiro atoms. The molecule has 0 saturated heterocycles. The summed E-state index contributed by atoms with van der Waals surface area (Å²) >= 11 is 0. The molecule has 0 amide bonds. The fourth-order valence-corrected chi connectivity index (χ4v) is 2.20. The van der Waals surface area contributed by atoms with Gasteiger partial charge in [0, 0.05) is 23.9 Å². The number of nitrogens with zero attached hydrogens (tertiary/aromatic N) is 3. The summed E-state index contributed by atoms with van der Waals surface area (Å²) in [5, 5.41) is 16.3. The van der Waals surface area contributed by atoms with Gasteiger partial charge < -0.3 is 15.2 Å². The third-order valence-electron chi connectivity index (χ3n) is 3.40. The lowest BCUT2D eigenvalue weighted by molar-refractivity contribution is 0.304. The summed E-state index contributed by atoms with van der Waals surface area (Å²) in [6, 6.07) is 17.8. The number of amidine groups is 1. The second kappa shape index (κ2) is 7.77. The minimum Gasteiger partial charge on any atom is -0.489 e. The van der Waals surface area contributed by atoms with Crippen LogP contribution in [0.15, 0.2) is 60.8 Å². The molecular formula is C19H15N5O2. The topological polar surface area (TPSA) is 118 Å². The molecule has 0 radical (unpaired) electrons. The number of nitrogens with two attached hydrogens (primary N) is 1. The molecule has 0 aliphatic carbocycles. The van der Waals surface area contributed by atoms with Crippen molar-refractivity contribution < 1.29 is 9.47 Å². The van der Waals surface area contributed by atoms with Gasteiger partial charge in [-0.05, 0) is 23.8 Å². The Labute approximate surface area is 150 Å². The van der Waals surface area contributed by atoms with Crippen molar-refractivity contribution >= 4 is 5.84 Å². The fourth-order valence-electron chi connectivity index (χ4n) is 2.20. The molecule has 7 heteroatoms. The van der Waals surface area contributed by atoms with Crippen molar-refractivity contribution in [2.75, 3.05) is 0 Å². The molecule has 0 unspecified atom stereocenters. The average molecular weight is 345 g/mol. The Hall–Kier alpha value is -3.92. The number of hydrogen-bond donors (Lipinski definition) is 2. The summed E-state index contributed by atoms with van der Waals surface area (Å²) in [5.41, 5.74) is 7.05. The van der Waals surface area contributed by atoms with Gasteiger partial charge in [-0.2, -0.15) is 10.2 Å². The first-order valence-corrected chi connectivity index (χ1v) is 7.71. The lowest BCUT2D eigenvalue weighted by atomic mass is 10.1. The van der Waals surface area contributed by atoms with Crippen LogP contribution < -0.4 is 15.2 Å². The number of hydrogen-bond acceptors (Lipinski definition) is 6. The first-order valence-electron chi connectivity index (χ1n) is 7.71. The Bertz CT molecular complexity index is 981. The van der Waals surface area contributed by atoms with E-state index in [2.05, 4.69) is 9.97 Å². The molecule has 128 valence electrons. The minimum absolute atomic E-state index is 0.0174. The van der Waals surface area contributed by atoms with Crippen molar-refractivity contribution in [1.29, 1.82) is 10.7 Å². The van der Waals surface area contributed by atoms with Gasteiger partial charge in [-0.15, -0.1) is 0 Å². The molecule has 7 nitrogen and oxygen atoms in total. The van der Waals surface area contributed by atoms with Gasteiger partial charge in [0.1, 0.15) is 30.0 Å². The van der Waals surface area contributed by atoms with Gasteiger partial charge in [0.15, 0.2) is 0 Å². The van der Waals surface area contributed by atoms with E-state index >= 15 is 0 Å². The lowest BCUT2D eigenvalue weighted by Gasteiger charge is -2.09. The van der Waals surface area contributed by atoms with Gasteiger partial charge >= 0.3 is 0 Å². The number of nitrogen functional groups attached to an aromatic ring is 1. The Balaban J connectivity index is 1.68. The van der Waals surface area contributed by atoms with Gasteiger partial charge in [-0.25, -0.2) is 4.98 Å². The van der Waals surface area contributed by atoms with Crippen LogP contribution >= 0.6 is 0 Å². The van der Waals surface area contributed by atoms with E-state index in [0.29, 0.717) is 23.7 Å². The summed E-state index contributed by atoms with van der Waals surface area (Å²) in [6.45, 7) is 0.330. The number of nitrogens with one attached hydrogen (secondary N) is 1. The minimum atomic E-state index is 0.0174. The highest BCUT2D eigenvalue weighted by atomic mass is 16.5. The van der Waals surface area contributed by atoms with Crippen molar-refractivity contribution in [3.8, 4) is 23.4 Å². The molecule has 0 aliphatic heterocycles. The van der Waals surface area contributed by atoms with Crippen LogP contribution in [0.25, 0.3) is 0 Å². The smallest absolute Gasteiger partial charge is 0.235 e. The molecule has 0 atom stereocenters. The highest BCUT2D eigenvalue weighted by Gasteiger charge is 2.04. The van der Waals surface area contributed by atoms with E-state index < -0.39 is 0 Å². The molecule has 3 rings (SSSR count). The van der Waals surface area contributed by atoms with Crippen molar-refractivity contribution in [2.24, 2.45) is 5.73 Å². The third kappa shape index (κ3) is 4.33. The molecule has 26 heavy (non-hydrogen) atoms. The maximum absolute atomic E-state index is 8.83. The number of aromatic nitrogens is 2. The normalized spacial score (nSPS) is 9.96. The Morgan fingerprint density at radius 1 is 1.12 bits per heavy atom. The molecule has 1 heterocycles. The van der Waals surface area contributed by atoms with Crippen LogP contribution in [0.5, 0.6) is 17.4 Å². The zero-order valence-electron chi connectivity index (χ0n) is 13.7. The average Bonchev–Trinajstić information content (AvgIpc) is 2.67. The predicted octanol–water partition coefficient (Wildman–Crippen LogP) is 3.00. The second-order valence-electron chi connectivity index (χ2n) is 5.31. The summed E-state index contributed by atoms with van der Waals surface area (Å²) in [4.78, 5) is 7.77. The van der Waals surface area contributed by atoms with Crippen LogP contribution in [0, 0.1) is 16.7 Å². The number of ether oxygens (including phenoxy) is 2.